The van der Waals surface area contributed by atoms with Crippen molar-refractivity contribution in [2.45, 2.75) is 111 Å². The second kappa shape index (κ2) is 10.4. The number of rotatable bonds is 7. The topological polar surface area (TPSA) is 72.8 Å². The van der Waals surface area contributed by atoms with Gasteiger partial charge in [0.1, 0.15) is 6.10 Å². The first kappa shape index (κ1) is 28.8. The number of fused-ring (bicyclic) bond motifs is 4. The van der Waals surface area contributed by atoms with E-state index in [1.54, 1.807) is 0 Å². The van der Waals surface area contributed by atoms with Gasteiger partial charge in [0.25, 0.3) is 0 Å². The van der Waals surface area contributed by atoms with Crippen molar-refractivity contribution in [2.24, 2.45) is 39.9 Å². The van der Waals surface area contributed by atoms with E-state index in [0.29, 0.717) is 23.3 Å². The van der Waals surface area contributed by atoms with Crippen LogP contribution >= 0.6 is 0 Å². The van der Waals surface area contributed by atoms with Gasteiger partial charge in [-0.2, -0.15) is 0 Å². The molecule has 3 N–H and O–H groups in total. The summed E-state index contributed by atoms with van der Waals surface area (Å²) in [5.74, 6) is 1.13. The smallest absolute Gasteiger partial charge is 0.249 e. The Morgan fingerprint density at radius 3 is 2.41 bits per heavy atom. The molecular weight excluding hydrogens is 460 g/mol. The second-order valence-electron chi connectivity index (χ2n) is 14.1. The number of carbonyl (C=O) groups excluding carboxylic acids is 1. The lowest BCUT2D eigenvalue weighted by Crippen LogP contribution is -2.57. The van der Waals surface area contributed by atoms with E-state index in [1.807, 2.05) is 13.8 Å². The van der Waals surface area contributed by atoms with Crippen molar-refractivity contribution in [2.75, 3.05) is 20.7 Å². The summed E-state index contributed by atoms with van der Waals surface area (Å²) in [4.78, 5) is 15.3. The minimum absolute atomic E-state index is 0.0422. The Morgan fingerprint density at radius 2 is 1.78 bits per heavy atom. The molecule has 4 aliphatic rings. The van der Waals surface area contributed by atoms with Crippen LogP contribution in [0.1, 0.15) is 92.9 Å². The molecule has 5 heteroatoms. The number of nitrogens with zero attached hydrogens (tertiary/aromatic N) is 1. The van der Waals surface area contributed by atoms with Gasteiger partial charge >= 0.3 is 0 Å². The number of nitrogens with one attached hydrogen (secondary N) is 1. The first-order valence-electron chi connectivity index (χ1n) is 15.0. The summed E-state index contributed by atoms with van der Waals surface area (Å²) in [7, 11) is 4.45. The van der Waals surface area contributed by atoms with Crippen molar-refractivity contribution >= 4 is 5.91 Å². The lowest BCUT2D eigenvalue weighted by molar-refractivity contribution is -0.134. The van der Waals surface area contributed by atoms with Gasteiger partial charge in [0.2, 0.25) is 5.91 Å². The minimum Gasteiger partial charge on any atom is -0.396 e. The number of amides is 1. The molecule has 37 heavy (non-hydrogen) atoms. The third-order valence-electron chi connectivity index (χ3n) is 12.4. The molecule has 5 nitrogen and oxygen atoms in total. The maximum atomic E-state index is 12.9. The second-order valence-corrected chi connectivity index (χ2v) is 14.1. The average molecular weight is 515 g/mol. The van der Waals surface area contributed by atoms with Crippen LogP contribution in [-0.4, -0.2) is 59.9 Å². The first-order valence-corrected chi connectivity index (χ1v) is 15.0. The first-order chi connectivity index (χ1) is 17.3. The molecule has 0 heterocycles. The molecule has 210 valence electrons. The number of hydrogen-bond donors (Lipinski definition) is 3. The molecule has 0 aromatic rings. The maximum Gasteiger partial charge on any atom is 0.249 e. The Morgan fingerprint density at radius 1 is 1.11 bits per heavy atom. The van der Waals surface area contributed by atoms with E-state index in [1.165, 1.54) is 24.0 Å². The zero-order valence-electron chi connectivity index (χ0n) is 24.8. The summed E-state index contributed by atoms with van der Waals surface area (Å²) in [5.41, 5.74) is 3.14. The average Bonchev–Trinajstić information content (AvgIpc) is 3.01. The van der Waals surface area contributed by atoms with Gasteiger partial charge in [0, 0.05) is 17.5 Å². The SMILES string of the molecule is CC[C@H](C)[C@H](O)C(=O)N[C@H]1CCC2=CC3=CC[C@]4(C)[C@@H]([C@@H](C)N(C)C)CC[C@@]4(C)[C@@H]3CC[C@H]2[C@]1(C)CO. The summed E-state index contributed by atoms with van der Waals surface area (Å²) in [6.07, 6.45) is 12.5. The molecule has 0 bridgehead atoms. The minimum atomic E-state index is -0.996. The van der Waals surface area contributed by atoms with Crippen LogP contribution in [-0.2, 0) is 4.79 Å². The number of carbonyl (C=O) groups is 1. The molecule has 0 saturated heterocycles. The molecular formula is C32H54N2O3. The Hall–Kier alpha value is -1.17. The van der Waals surface area contributed by atoms with E-state index in [-0.39, 0.29) is 35.8 Å². The van der Waals surface area contributed by atoms with Crippen molar-refractivity contribution < 1.29 is 15.0 Å². The molecule has 2 fully saturated rings. The van der Waals surface area contributed by atoms with Gasteiger partial charge in [0.05, 0.1) is 6.61 Å². The molecule has 10 atom stereocenters. The van der Waals surface area contributed by atoms with Crippen molar-refractivity contribution in [1.82, 2.24) is 10.2 Å². The summed E-state index contributed by atoms with van der Waals surface area (Å²) in [6, 6.07) is 0.443. The number of aliphatic hydroxyl groups excluding tert-OH is 2. The lowest BCUT2D eigenvalue weighted by Gasteiger charge is -2.54. The molecule has 0 radical (unpaired) electrons. The van der Waals surface area contributed by atoms with Crippen LogP contribution in [0.4, 0.5) is 0 Å². The van der Waals surface area contributed by atoms with Crippen LogP contribution in [0.5, 0.6) is 0 Å². The standard InChI is InChI=1S/C32H54N2O3/c1-9-20(2)28(36)29(37)33-27-13-10-22-18-23-14-16-31(5)24(21(3)34(7)8)15-17-32(31,6)26(23)12-11-25(22)30(27,4)19-35/h14,18,20-21,24-28,35-36H,9-13,15-17,19H2,1-8H3,(H,33,37)/t20-,21+,24+,25+,26+,27-,28-,30-,31+,32-/m0/s1. The highest BCUT2D eigenvalue weighted by Crippen LogP contribution is 2.68. The Kier molecular flexibility index (Phi) is 8.12. The van der Waals surface area contributed by atoms with Crippen LogP contribution in [0.3, 0.4) is 0 Å². The van der Waals surface area contributed by atoms with Crippen LogP contribution in [0.15, 0.2) is 23.3 Å². The normalized spacial score (nSPS) is 41.9. The zero-order valence-corrected chi connectivity index (χ0v) is 24.8. The molecule has 0 aliphatic heterocycles. The molecule has 1 amide bonds. The van der Waals surface area contributed by atoms with Gasteiger partial charge in [-0.25, -0.2) is 0 Å². The van der Waals surface area contributed by atoms with Crippen LogP contribution in [0, 0.1) is 39.9 Å². The Labute approximate surface area is 226 Å². The quantitative estimate of drug-likeness (QED) is 0.430. The number of aliphatic hydroxyl groups is 2. The van der Waals surface area contributed by atoms with E-state index in [2.05, 4.69) is 64.2 Å². The van der Waals surface area contributed by atoms with Crippen LogP contribution in [0.2, 0.25) is 0 Å². The van der Waals surface area contributed by atoms with Crippen molar-refractivity contribution in [3.63, 3.8) is 0 Å². The number of hydrogen-bond acceptors (Lipinski definition) is 4. The van der Waals surface area contributed by atoms with Gasteiger partial charge in [0.15, 0.2) is 0 Å². The predicted octanol–water partition coefficient (Wildman–Crippen LogP) is 5.33. The molecule has 2 saturated carbocycles. The molecule has 4 aliphatic carbocycles. The molecule has 0 unspecified atom stereocenters. The largest absolute Gasteiger partial charge is 0.396 e. The molecule has 4 rings (SSSR count). The summed E-state index contributed by atoms with van der Waals surface area (Å²) >= 11 is 0. The third kappa shape index (κ3) is 4.55. The molecule has 0 aromatic heterocycles. The Bertz CT molecular complexity index is 927. The van der Waals surface area contributed by atoms with E-state index in [9.17, 15) is 15.0 Å². The van der Waals surface area contributed by atoms with Crippen LogP contribution < -0.4 is 5.32 Å². The van der Waals surface area contributed by atoms with Crippen molar-refractivity contribution in [3.8, 4) is 0 Å². The van der Waals surface area contributed by atoms with Crippen LogP contribution in [0.25, 0.3) is 0 Å². The van der Waals surface area contributed by atoms with Crippen molar-refractivity contribution in [3.05, 3.63) is 23.3 Å². The van der Waals surface area contributed by atoms with E-state index in [4.69, 9.17) is 0 Å². The third-order valence-corrected chi connectivity index (χ3v) is 12.4. The van der Waals surface area contributed by atoms with Gasteiger partial charge < -0.3 is 20.4 Å². The summed E-state index contributed by atoms with van der Waals surface area (Å²) in [5, 5.41) is 24.4. The highest BCUT2D eigenvalue weighted by molar-refractivity contribution is 5.81. The Balaban J connectivity index is 1.59. The molecule has 0 spiro atoms. The fraction of sp³-hybridized carbons (Fsp3) is 0.844. The van der Waals surface area contributed by atoms with Crippen molar-refractivity contribution in [1.29, 1.82) is 0 Å². The fourth-order valence-corrected chi connectivity index (χ4v) is 8.97. The zero-order chi connectivity index (χ0) is 27.3. The van der Waals surface area contributed by atoms with E-state index >= 15 is 0 Å². The van der Waals surface area contributed by atoms with Gasteiger partial charge in [-0.1, -0.05) is 58.8 Å². The highest BCUT2D eigenvalue weighted by Gasteiger charge is 2.61. The summed E-state index contributed by atoms with van der Waals surface area (Å²) in [6.45, 7) is 13.7. The lowest BCUT2D eigenvalue weighted by atomic mass is 9.51. The maximum absolute atomic E-state index is 12.9. The van der Waals surface area contributed by atoms with Gasteiger partial charge in [-0.3, -0.25) is 4.79 Å². The van der Waals surface area contributed by atoms with Gasteiger partial charge in [-0.15, -0.1) is 0 Å². The predicted molar refractivity (Wildman–Crippen MR) is 151 cm³/mol. The number of allylic oxidation sites excluding steroid dienone is 4. The monoisotopic (exact) mass is 514 g/mol. The van der Waals surface area contributed by atoms with E-state index < -0.39 is 11.5 Å². The van der Waals surface area contributed by atoms with Gasteiger partial charge in [-0.05, 0) is 106 Å². The molecule has 0 aromatic carbocycles. The fourth-order valence-electron chi connectivity index (χ4n) is 8.97. The summed E-state index contributed by atoms with van der Waals surface area (Å²) < 4.78 is 0. The van der Waals surface area contributed by atoms with E-state index in [0.717, 1.165) is 38.5 Å². The highest BCUT2D eigenvalue weighted by atomic mass is 16.3.